The minimum absolute atomic E-state index is 0.101. The predicted octanol–water partition coefficient (Wildman–Crippen LogP) is 3.36. The van der Waals surface area contributed by atoms with Crippen molar-refractivity contribution in [3.63, 3.8) is 0 Å². The van der Waals surface area contributed by atoms with Crippen LogP contribution in [0.1, 0.15) is 22.8 Å². The molecule has 1 atom stereocenters. The monoisotopic (exact) mass is 264 g/mol. The zero-order chi connectivity index (χ0) is 14.0. The predicted molar refractivity (Wildman–Crippen MR) is 68.2 cm³/mol. The number of aryl methyl sites for hydroxylation is 1. The van der Waals surface area contributed by atoms with E-state index in [0.29, 0.717) is 5.75 Å². The third kappa shape index (κ3) is 2.74. The van der Waals surface area contributed by atoms with Crippen LogP contribution >= 0.6 is 0 Å². The third-order valence-corrected chi connectivity index (χ3v) is 2.93. The molecular weight excluding hydrogens is 250 g/mol. The van der Waals surface area contributed by atoms with E-state index in [-0.39, 0.29) is 11.1 Å². The molecule has 0 aromatic heterocycles. The van der Waals surface area contributed by atoms with Crippen molar-refractivity contribution in [1.82, 2.24) is 0 Å². The van der Waals surface area contributed by atoms with Crippen molar-refractivity contribution in [3.8, 4) is 5.75 Å². The van der Waals surface area contributed by atoms with Gasteiger partial charge in [0.25, 0.3) is 0 Å². The van der Waals surface area contributed by atoms with Gasteiger partial charge in [-0.15, -0.1) is 0 Å². The Hall–Kier alpha value is -1.94. The quantitative estimate of drug-likeness (QED) is 0.921. The molecule has 19 heavy (non-hydrogen) atoms. The largest absolute Gasteiger partial charge is 0.496 e. The number of aliphatic hydroxyl groups is 1. The molecule has 2 aromatic rings. The van der Waals surface area contributed by atoms with Crippen molar-refractivity contribution in [3.05, 3.63) is 64.7 Å². The second-order valence-electron chi connectivity index (χ2n) is 4.31. The van der Waals surface area contributed by atoms with Gasteiger partial charge < -0.3 is 9.84 Å². The molecule has 1 unspecified atom stereocenters. The summed E-state index contributed by atoms with van der Waals surface area (Å²) in [7, 11) is 1.41. The van der Waals surface area contributed by atoms with E-state index in [1.165, 1.54) is 31.4 Å². The van der Waals surface area contributed by atoms with Gasteiger partial charge in [-0.1, -0.05) is 17.7 Å². The highest BCUT2D eigenvalue weighted by atomic mass is 19.1. The summed E-state index contributed by atoms with van der Waals surface area (Å²) >= 11 is 0. The Morgan fingerprint density at radius 2 is 1.79 bits per heavy atom. The highest BCUT2D eigenvalue weighted by Gasteiger charge is 2.19. The van der Waals surface area contributed by atoms with E-state index in [9.17, 15) is 13.9 Å². The Bertz CT molecular complexity index is 597. The van der Waals surface area contributed by atoms with E-state index >= 15 is 0 Å². The fraction of sp³-hybridized carbons (Fsp3) is 0.200. The molecule has 0 spiro atoms. The number of rotatable bonds is 3. The van der Waals surface area contributed by atoms with Gasteiger partial charge in [-0.2, -0.15) is 0 Å². The zero-order valence-electron chi connectivity index (χ0n) is 10.7. The number of aliphatic hydroxyl groups excluding tert-OH is 1. The minimum atomic E-state index is -1.27. The van der Waals surface area contributed by atoms with Gasteiger partial charge in [-0.05, 0) is 31.2 Å². The van der Waals surface area contributed by atoms with Crippen LogP contribution in [0.4, 0.5) is 8.78 Å². The molecule has 1 N–H and O–H groups in total. The second-order valence-corrected chi connectivity index (χ2v) is 4.31. The highest BCUT2D eigenvalue weighted by molar-refractivity contribution is 5.41. The van der Waals surface area contributed by atoms with Gasteiger partial charge in [0, 0.05) is 11.1 Å². The number of halogens is 2. The summed E-state index contributed by atoms with van der Waals surface area (Å²) in [4.78, 5) is 0. The lowest BCUT2D eigenvalue weighted by atomic mass is 9.98. The molecule has 0 fully saturated rings. The molecule has 0 saturated carbocycles. The second kappa shape index (κ2) is 5.36. The maximum atomic E-state index is 13.7. The summed E-state index contributed by atoms with van der Waals surface area (Å²) in [5.41, 5.74) is 1.11. The summed E-state index contributed by atoms with van der Waals surface area (Å²) < 4.78 is 32.1. The van der Waals surface area contributed by atoms with E-state index in [1.807, 2.05) is 0 Å². The number of hydrogen-bond acceptors (Lipinski definition) is 2. The molecule has 0 aliphatic carbocycles. The molecule has 0 amide bonds. The fourth-order valence-electron chi connectivity index (χ4n) is 1.96. The standard InChI is InChI=1S/C15H14F2O2/c1-9-3-5-13(17)11(7-9)15(18)12-8-10(16)4-6-14(12)19-2/h3-8,15,18H,1-2H3. The van der Waals surface area contributed by atoms with Gasteiger partial charge in [-0.25, -0.2) is 8.78 Å². The molecule has 2 rings (SSSR count). The van der Waals surface area contributed by atoms with E-state index < -0.39 is 17.7 Å². The van der Waals surface area contributed by atoms with Crippen molar-refractivity contribution in [2.45, 2.75) is 13.0 Å². The molecule has 4 heteroatoms. The summed E-state index contributed by atoms with van der Waals surface area (Å²) in [5, 5.41) is 10.2. The molecule has 0 aliphatic rings. The van der Waals surface area contributed by atoms with Crippen LogP contribution in [-0.4, -0.2) is 12.2 Å². The molecule has 100 valence electrons. The fourth-order valence-corrected chi connectivity index (χ4v) is 1.96. The molecule has 0 radical (unpaired) electrons. The summed E-state index contributed by atoms with van der Waals surface area (Å²) in [5.74, 6) is -0.734. The number of hydrogen-bond donors (Lipinski definition) is 1. The lowest BCUT2D eigenvalue weighted by Gasteiger charge is -2.16. The maximum Gasteiger partial charge on any atom is 0.129 e. The Kier molecular flexibility index (Phi) is 3.81. The normalized spacial score (nSPS) is 12.3. The van der Waals surface area contributed by atoms with Gasteiger partial charge >= 0.3 is 0 Å². The number of ether oxygens (including phenoxy) is 1. The van der Waals surface area contributed by atoms with Crippen molar-refractivity contribution in [1.29, 1.82) is 0 Å². The third-order valence-electron chi connectivity index (χ3n) is 2.93. The first kappa shape index (κ1) is 13.5. The Balaban J connectivity index is 2.51. The molecule has 0 saturated heterocycles. The van der Waals surface area contributed by atoms with E-state index in [4.69, 9.17) is 4.74 Å². The van der Waals surface area contributed by atoms with Crippen molar-refractivity contribution < 1.29 is 18.6 Å². The summed E-state index contributed by atoms with van der Waals surface area (Å²) in [6.45, 7) is 1.79. The van der Waals surface area contributed by atoms with Crippen LogP contribution in [-0.2, 0) is 0 Å². The van der Waals surface area contributed by atoms with Crippen LogP contribution in [0.5, 0.6) is 5.75 Å². The van der Waals surface area contributed by atoms with Gasteiger partial charge in [0.1, 0.15) is 23.5 Å². The van der Waals surface area contributed by atoms with Gasteiger partial charge in [0.15, 0.2) is 0 Å². The van der Waals surface area contributed by atoms with Crippen LogP contribution in [0.3, 0.4) is 0 Å². The Morgan fingerprint density at radius 1 is 1.05 bits per heavy atom. The zero-order valence-corrected chi connectivity index (χ0v) is 10.7. The summed E-state index contributed by atoms with van der Waals surface area (Å²) in [6.07, 6.45) is -1.27. The molecular formula is C15H14F2O2. The molecule has 0 heterocycles. The van der Waals surface area contributed by atoms with Gasteiger partial charge in [-0.3, -0.25) is 0 Å². The summed E-state index contributed by atoms with van der Waals surface area (Å²) in [6, 6.07) is 8.19. The average Bonchev–Trinajstić information content (AvgIpc) is 2.40. The first-order chi connectivity index (χ1) is 9.02. The first-order valence-electron chi connectivity index (χ1n) is 5.80. The van der Waals surface area contributed by atoms with Crippen LogP contribution in [0, 0.1) is 18.6 Å². The number of benzene rings is 2. The van der Waals surface area contributed by atoms with Crippen LogP contribution in [0.15, 0.2) is 36.4 Å². The van der Waals surface area contributed by atoms with Crippen LogP contribution in [0.25, 0.3) is 0 Å². The topological polar surface area (TPSA) is 29.5 Å². The average molecular weight is 264 g/mol. The van der Waals surface area contributed by atoms with E-state index in [0.717, 1.165) is 11.6 Å². The van der Waals surface area contributed by atoms with Crippen molar-refractivity contribution in [2.75, 3.05) is 7.11 Å². The number of methoxy groups -OCH3 is 1. The SMILES string of the molecule is COc1ccc(F)cc1C(O)c1cc(C)ccc1F. The Morgan fingerprint density at radius 3 is 2.47 bits per heavy atom. The maximum absolute atomic E-state index is 13.7. The van der Waals surface area contributed by atoms with Gasteiger partial charge in [0.2, 0.25) is 0 Å². The highest BCUT2D eigenvalue weighted by Crippen LogP contribution is 2.32. The van der Waals surface area contributed by atoms with Gasteiger partial charge in [0.05, 0.1) is 7.11 Å². The van der Waals surface area contributed by atoms with E-state index in [1.54, 1.807) is 13.0 Å². The Labute approximate surface area is 110 Å². The first-order valence-corrected chi connectivity index (χ1v) is 5.80. The molecule has 2 nitrogen and oxygen atoms in total. The van der Waals surface area contributed by atoms with Crippen LogP contribution in [0.2, 0.25) is 0 Å². The lowest BCUT2D eigenvalue weighted by molar-refractivity contribution is 0.209. The van der Waals surface area contributed by atoms with E-state index in [2.05, 4.69) is 0 Å². The van der Waals surface area contributed by atoms with Crippen molar-refractivity contribution in [2.24, 2.45) is 0 Å². The molecule has 2 aromatic carbocycles. The van der Waals surface area contributed by atoms with Crippen LogP contribution < -0.4 is 4.74 Å². The lowest BCUT2D eigenvalue weighted by Crippen LogP contribution is -2.05. The molecule has 0 bridgehead atoms. The van der Waals surface area contributed by atoms with Crippen molar-refractivity contribution >= 4 is 0 Å². The minimum Gasteiger partial charge on any atom is -0.496 e. The smallest absolute Gasteiger partial charge is 0.129 e. The molecule has 0 aliphatic heterocycles.